The van der Waals surface area contributed by atoms with Crippen LogP contribution in [-0.2, 0) is 25.7 Å². The largest absolute Gasteiger partial charge is 0.496 e. The summed E-state index contributed by atoms with van der Waals surface area (Å²) in [6.45, 7) is 0. The molecular formula is C46H40N2O13. The monoisotopic (exact) mass is 828 g/mol. The maximum absolute atomic E-state index is 13.3. The average molecular weight is 829 g/mol. The lowest BCUT2D eigenvalue weighted by Crippen LogP contribution is -2.15. The summed E-state index contributed by atoms with van der Waals surface area (Å²) in [4.78, 5) is 50.9. The molecule has 0 heterocycles. The highest BCUT2D eigenvalue weighted by atomic mass is 16.6. The Hall–Kier alpha value is -7.94. The van der Waals surface area contributed by atoms with E-state index in [1.54, 1.807) is 97.1 Å². The van der Waals surface area contributed by atoms with Crippen molar-refractivity contribution in [3.8, 4) is 34.5 Å². The van der Waals surface area contributed by atoms with Crippen molar-refractivity contribution in [1.29, 1.82) is 0 Å². The van der Waals surface area contributed by atoms with E-state index in [0.29, 0.717) is 45.3 Å². The fraction of sp³-hybridized carbons (Fsp3) is 0.174. The van der Waals surface area contributed by atoms with Crippen LogP contribution < -0.4 is 23.7 Å². The molecule has 0 amide bonds. The van der Waals surface area contributed by atoms with Gasteiger partial charge in [0.1, 0.15) is 34.1 Å². The van der Waals surface area contributed by atoms with Crippen LogP contribution in [0, 0.1) is 20.2 Å². The van der Waals surface area contributed by atoms with Crippen molar-refractivity contribution < 1.29 is 53.3 Å². The lowest BCUT2D eigenvalue weighted by Gasteiger charge is -2.20. The first-order valence-electron chi connectivity index (χ1n) is 18.7. The first kappa shape index (κ1) is 42.7. The number of rotatable bonds is 18. The van der Waals surface area contributed by atoms with Gasteiger partial charge < -0.3 is 33.9 Å². The number of hydrogen-bond donors (Lipinski definition) is 2. The zero-order valence-corrected chi connectivity index (χ0v) is 33.5. The molecule has 61 heavy (non-hydrogen) atoms. The van der Waals surface area contributed by atoms with Crippen molar-refractivity contribution in [1.82, 2.24) is 0 Å². The highest BCUT2D eigenvalue weighted by Gasteiger charge is 2.37. The van der Waals surface area contributed by atoms with E-state index < -0.39 is 55.8 Å². The molecule has 0 aliphatic carbocycles. The summed E-state index contributed by atoms with van der Waals surface area (Å²) in [5.41, 5.74) is -0.680. The van der Waals surface area contributed by atoms with Gasteiger partial charge in [-0.05, 0) is 80.9 Å². The molecule has 0 saturated carbocycles. The SMILES string of the molecule is COc1ccccc1Cc1cc(Oc2cc(Cc3ccccc3OC)c(Cc3ccccc3OC)c(C(=O)O)c2[N+](=O)[O-])c([N+](=O)[O-])c(C(=O)O)c1Cc1ccccc1OC. The van der Waals surface area contributed by atoms with E-state index >= 15 is 0 Å². The summed E-state index contributed by atoms with van der Waals surface area (Å²) >= 11 is 0. The Balaban J connectivity index is 1.67. The van der Waals surface area contributed by atoms with Crippen molar-refractivity contribution in [2.24, 2.45) is 0 Å². The Labute approximate surface area is 349 Å². The number of para-hydroxylation sites is 4. The lowest BCUT2D eigenvalue weighted by atomic mass is 9.88. The minimum Gasteiger partial charge on any atom is -0.496 e. The fourth-order valence-electron chi connectivity index (χ4n) is 7.48. The van der Waals surface area contributed by atoms with E-state index in [1.165, 1.54) is 40.6 Å². The van der Waals surface area contributed by atoms with Crippen molar-refractivity contribution >= 4 is 23.3 Å². The van der Waals surface area contributed by atoms with Gasteiger partial charge in [0.2, 0.25) is 11.5 Å². The number of nitro groups is 2. The predicted molar refractivity (Wildman–Crippen MR) is 223 cm³/mol. The summed E-state index contributed by atoms with van der Waals surface area (Å²) in [5.74, 6) is -3.00. The van der Waals surface area contributed by atoms with Gasteiger partial charge in [-0.1, -0.05) is 72.8 Å². The maximum atomic E-state index is 13.3. The molecule has 0 spiro atoms. The van der Waals surface area contributed by atoms with E-state index in [2.05, 4.69) is 0 Å². The molecule has 0 atom stereocenters. The van der Waals surface area contributed by atoms with Gasteiger partial charge in [0.05, 0.1) is 38.3 Å². The van der Waals surface area contributed by atoms with Crippen LogP contribution in [-0.4, -0.2) is 60.4 Å². The molecule has 312 valence electrons. The van der Waals surface area contributed by atoms with E-state index in [0.717, 1.165) is 0 Å². The lowest BCUT2D eigenvalue weighted by molar-refractivity contribution is -0.387. The highest BCUT2D eigenvalue weighted by Crippen LogP contribution is 2.46. The first-order valence-corrected chi connectivity index (χ1v) is 18.7. The topological polar surface area (TPSA) is 207 Å². The van der Waals surface area contributed by atoms with Crippen LogP contribution in [0.25, 0.3) is 0 Å². The maximum Gasteiger partial charge on any atom is 0.343 e. The van der Waals surface area contributed by atoms with Crippen molar-refractivity contribution in [2.75, 3.05) is 28.4 Å². The molecule has 15 heteroatoms. The average Bonchev–Trinajstić information content (AvgIpc) is 3.25. The predicted octanol–water partition coefficient (Wildman–Crippen LogP) is 9.09. The molecule has 0 aliphatic heterocycles. The molecule has 6 aromatic rings. The van der Waals surface area contributed by atoms with Crippen LogP contribution in [0.3, 0.4) is 0 Å². The molecule has 6 aromatic carbocycles. The van der Waals surface area contributed by atoms with E-state index in [1.807, 2.05) is 0 Å². The Morgan fingerprint density at radius 3 is 1.00 bits per heavy atom. The summed E-state index contributed by atoms with van der Waals surface area (Å²) in [6, 6.07) is 29.9. The molecular weight excluding hydrogens is 789 g/mol. The highest BCUT2D eigenvalue weighted by molar-refractivity contribution is 5.98. The van der Waals surface area contributed by atoms with Crippen LogP contribution in [0.4, 0.5) is 11.4 Å². The molecule has 0 bridgehead atoms. The minimum absolute atomic E-state index is 0.0253. The minimum atomic E-state index is -1.67. The zero-order chi connectivity index (χ0) is 43.8. The number of methoxy groups -OCH3 is 4. The number of hydrogen-bond acceptors (Lipinski definition) is 11. The number of ether oxygens (including phenoxy) is 5. The van der Waals surface area contributed by atoms with Crippen LogP contribution in [0.5, 0.6) is 34.5 Å². The smallest absolute Gasteiger partial charge is 0.343 e. The number of aromatic carboxylic acids is 2. The third-order valence-electron chi connectivity index (χ3n) is 10.2. The molecule has 0 fully saturated rings. The van der Waals surface area contributed by atoms with Gasteiger partial charge in [0.15, 0.2) is 0 Å². The Morgan fingerprint density at radius 2 is 0.738 bits per heavy atom. The van der Waals surface area contributed by atoms with Crippen molar-refractivity contribution in [3.63, 3.8) is 0 Å². The van der Waals surface area contributed by atoms with E-state index in [4.69, 9.17) is 23.7 Å². The van der Waals surface area contributed by atoms with Gasteiger partial charge in [-0.15, -0.1) is 0 Å². The van der Waals surface area contributed by atoms with E-state index in [9.17, 15) is 40.0 Å². The normalized spacial score (nSPS) is 10.8. The van der Waals surface area contributed by atoms with Gasteiger partial charge in [0.25, 0.3) is 0 Å². The number of benzene rings is 6. The molecule has 2 N–H and O–H groups in total. The quantitative estimate of drug-likeness (QED) is 0.0613. The number of nitrogens with zero attached hydrogens (tertiary/aromatic N) is 2. The number of nitro benzene ring substituents is 2. The second-order valence-corrected chi connectivity index (χ2v) is 13.7. The van der Waals surface area contributed by atoms with Gasteiger partial charge >= 0.3 is 23.3 Å². The number of carboxylic acid groups (broad SMARTS) is 2. The molecule has 0 unspecified atom stereocenters. The Morgan fingerprint density at radius 1 is 0.459 bits per heavy atom. The Bertz CT molecular complexity index is 2480. The van der Waals surface area contributed by atoms with Crippen LogP contribution in [0.15, 0.2) is 109 Å². The van der Waals surface area contributed by atoms with Gasteiger partial charge in [-0.2, -0.15) is 0 Å². The summed E-state index contributed by atoms with van der Waals surface area (Å²) in [5, 5.41) is 47.8. The second-order valence-electron chi connectivity index (χ2n) is 13.7. The molecule has 15 nitrogen and oxygen atoms in total. The fourth-order valence-corrected chi connectivity index (χ4v) is 7.48. The summed E-state index contributed by atoms with van der Waals surface area (Å²) in [6.07, 6.45) is -0.326. The zero-order valence-electron chi connectivity index (χ0n) is 33.5. The Kier molecular flexibility index (Phi) is 13.1. The number of carbonyl (C=O) groups is 2. The third-order valence-corrected chi connectivity index (χ3v) is 10.2. The standard InChI is InChI=1S/C46H40N2O13/c1-57-35-17-9-5-13-27(35)21-31-25-39(43(47(53)54)41(45(49)50)33(31)23-29-15-7-11-19-37(29)59-3)61-40-26-32(22-28-14-6-10-18-36(28)58-2)34(42(46(51)52)44(40)48(55)56)24-30-16-8-12-20-38(30)60-4/h5-20,25-26H,21-24H2,1-4H3,(H,49,50)(H,51,52). The van der Waals surface area contributed by atoms with Crippen molar-refractivity contribution in [2.45, 2.75) is 25.7 Å². The molecule has 6 rings (SSSR count). The second kappa shape index (κ2) is 18.8. The van der Waals surface area contributed by atoms with Gasteiger partial charge in [-0.3, -0.25) is 20.2 Å². The van der Waals surface area contributed by atoms with Crippen molar-refractivity contribution in [3.05, 3.63) is 185 Å². The molecule has 0 saturated heterocycles. The molecule has 0 aromatic heterocycles. The van der Waals surface area contributed by atoms with E-state index in [-0.39, 0.29) is 47.9 Å². The number of carboxylic acids is 2. The van der Waals surface area contributed by atoms with Crippen LogP contribution >= 0.6 is 0 Å². The summed E-state index contributed by atoms with van der Waals surface area (Å²) < 4.78 is 28.4. The third kappa shape index (κ3) is 9.05. The first-order chi connectivity index (χ1) is 29.4. The summed E-state index contributed by atoms with van der Waals surface area (Å²) in [7, 11) is 5.80. The van der Waals surface area contributed by atoms with Crippen LogP contribution in [0.2, 0.25) is 0 Å². The van der Waals surface area contributed by atoms with Gasteiger partial charge in [-0.25, -0.2) is 9.59 Å². The molecule has 0 aliphatic rings. The molecule has 0 radical (unpaired) electrons. The van der Waals surface area contributed by atoms with Gasteiger partial charge in [0, 0.05) is 25.7 Å². The van der Waals surface area contributed by atoms with Crippen LogP contribution in [0.1, 0.15) is 65.2 Å².